The molecule has 1 heterocycles. The molecule has 0 saturated carbocycles. The maximum Gasteiger partial charge on any atom is 0.303 e. The number of anilines is 1. The van der Waals surface area contributed by atoms with Crippen molar-refractivity contribution in [3.05, 3.63) is 71.6 Å². The third-order valence-electron chi connectivity index (χ3n) is 5.73. The Labute approximate surface area is 197 Å². The standard InChI is InChI=1S/C27H27N3O4/c1-3-29-18-11-13-22-24(16-18)34-23-15-17(28)10-12-21(23)26(22)19-7-4-5-8-20(19)27(33)30(2)14-6-9-25(31)32/h4-5,7-8,10-13,15-16H,3,6,9,14,28H2,1-2H3,(H,31,32)/b29-18+. The summed E-state index contributed by atoms with van der Waals surface area (Å²) in [6, 6.07) is 18.8. The van der Waals surface area contributed by atoms with Crippen molar-refractivity contribution in [2.75, 3.05) is 25.9 Å². The summed E-state index contributed by atoms with van der Waals surface area (Å²) in [7, 11) is 1.69. The first kappa shape index (κ1) is 23.0. The first-order chi connectivity index (χ1) is 16.4. The lowest BCUT2D eigenvalue weighted by molar-refractivity contribution is -0.137. The van der Waals surface area contributed by atoms with E-state index in [1.165, 1.54) is 0 Å². The molecule has 1 aliphatic carbocycles. The summed E-state index contributed by atoms with van der Waals surface area (Å²) in [6.45, 7) is 2.98. The maximum atomic E-state index is 13.4. The highest BCUT2D eigenvalue weighted by Gasteiger charge is 2.23. The molecule has 7 heteroatoms. The molecule has 7 nitrogen and oxygen atoms in total. The average Bonchev–Trinajstić information content (AvgIpc) is 2.82. The Morgan fingerprint density at radius 3 is 2.62 bits per heavy atom. The van der Waals surface area contributed by atoms with Crippen molar-refractivity contribution in [1.82, 2.24) is 4.90 Å². The van der Waals surface area contributed by atoms with Crippen LogP contribution in [0, 0.1) is 0 Å². The Morgan fingerprint density at radius 1 is 1.06 bits per heavy atom. The summed E-state index contributed by atoms with van der Waals surface area (Å²) in [6.07, 6.45) is 0.403. The zero-order valence-corrected chi connectivity index (χ0v) is 19.2. The first-order valence-electron chi connectivity index (χ1n) is 11.2. The van der Waals surface area contributed by atoms with Gasteiger partial charge in [0.15, 0.2) is 0 Å². The number of carbonyl (C=O) groups is 2. The highest BCUT2D eigenvalue weighted by Crippen LogP contribution is 2.41. The van der Waals surface area contributed by atoms with E-state index in [0.717, 1.165) is 27.4 Å². The van der Waals surface area contributed by atoms with E-state index < -0.39 is 5.97 Å². The minimum absolute atomic E-state index is 0.0152. The second-order valence-corrected chi connectivity index (χ2v) is 8.16. The molecule has 34 heavy (non-hydrogen) atoms. The van der Waals surface area contributed by atoms with Gasteiger partial charge in [0.05, 0.1) is 5.36 Å². The number of carbonyl (C=O) groups excluding carboxylic acids is 1. The molecule has 0 radical (unpaired) electrons. The van der Waals surface area contributed by atoms with Gasteiger partial charge >= 0.3 is 5.97 Å². The number of hydrogen-bond acceptors (Lipinski definition) is 5. The van der Waals surface area contributed by atoms with Gasteiger partial charge in [0, 0.05) is 66.5 Å². The minimum Gasteiger partial charge on any atom is -0.481 e. The molecule has 1 amide bonds. The number of benzene rings is 3. The molecule has 3 N–H and O–H groups in total. The lowest BCUT2D eigenvalue weighted by Gasteiger charge is -2.21. The number of carboxylic acids is 1. The predicted octanol–water partition coefficient (Wildman–Crippen LogP) is 4.64. The van der Waals surface area contributed by atoms with E-state index in [9.17, 15) is 9.59 Å². The van der Waals surface area contributed by atoms with Gasteiger partial charge in [-0.2, -0.15) is 0 Å². The van der Waals surface area contributed by atoms with E-state index in [0.29, 0.717) is 42.1 Å². The fourth-order valence-electron chi connectivity index (χ4n) is 4.13. The van der Waals surface area contributed by atoms with Crippen LogP contribution in [0.25, 0.3) is 33.4 Å². The van der Waals surface area contributed by atoms with Crippen molar-refractivity contribution in [2.24, 2.45) is 4.99 Å². The Morgan fingerprint density at radius 2 is 1.85 bits per heavy atom. The number of carboxylic acid groups (broad SMARTS) is 1. The van der Waals surface area contributed by atoms with Gasteiger partial charge in [-0.1, -0.05) is 18.2 Å². The molecule has 2 aromatic carbocycles. The van der Waals surface area contributed by atoms with E-state index in [1.54, 1.807) is 24.1 Å². The van der Waals surface area contributed by atoms with E-state index in [4.69, 9.17) is 15.3 Å². The molecule has 0 spiro atoms. The van der Waals surface area contributed by atoms with Gasteiger partial charge < -0.3 is 20.2 Å². The monoisotopic (exact) mass is 457 g/mol. The van der Waals surface area contributed by atoms with Crippen LogP contribution in [-0.4, -0.2) is 42.0 Å². The Bertz CT molecular complexity index is 1410. The average molecular weight is 458 g/mol. The van der Waals surface area contributed by atoms with Crippen LogP contribution in [0.1, 0.15) is 30.1 Å². The van der Waals surface area contributed by atoms with Crippen molar-refractivity contribution < 1.29 is 19.1 Å². The first-order valence-corrected chi connectivity index (χ1v) is 11.2. The lowest BCUT2D eigenvalue weighted by Crippen LogP contribution is -2.28. The largest absolute Gasteiger partial charge is 0.481 e. The van der Waals surface area contributed by atoms with E-state index in [-0.39, 0.29) is 12.3 Å². The Balaban J connectivity index is 1.91. The van der Waals surface area contributed by atoms with E-state index in [2.05, 4.69) is 4.99 Å². The molecule has 0 bridgehead atoms. The molecule has 2 aliphatic rings. The highest BCUT2D eigenvalue weighted by atomic mass is 16.4. The molecule has 2 aromatic rings. The lowest BCUT2D eigenvalue weighted by atomic mass is 9.90. The summed E-state index contributed by atoms with van der Waals surface area (Å²) in [5, 5.41) is 10.6. The van der Waals surface area contributed by atoms with Gasteiger partial charge in [-0.3, -0.25) is 14.6 Å². The number of nitrogen functional groups attached to an aromatic ring is 1. The highest BCUT2D eigenvalue weighted by molar-refractivity contribution is 6.09. The van der Waals surface area contributed by atoms with E-state index >= 15 is 0 Å². The van der Waals surface area contributed by atoms with Crippen molar-refractivity contribution in [1.29, 1.82) is 0 Å². The van der Waals surface area contributed by atoms with Crippen molar-refractivity contribution >= 4 is 28.5 Å². The maximum absolute atomic E-state index is 13.4. The molecule has 0 aromatic heterocycles. The van der Waals surface area contributed by atoms with Gasteiger partial charge in [0.2, 0.25) is 0 Å². The van der Waals surface area contributed by atoms with Crippen LogP contribution < -0.4 is 11.1 Å². The quantitative estimate of drug-likeness (QED) is 0.310. The van der Waals surface area contributed by atoms with Crippen molar-refractivity contribution in [3.8, 4) is 22.5 Å². The zero-order valence-electron chi connectivity index (χ0n) is 19.2. The van der Waals surface area contributed by atoms with Gasteiger partial charge in [-0.25, -0.2) is 0 Å². The summed E-state index contributed by atoms with van der Waals surface area (Å²) in [5.74, 6) is -0.392. The third kappa shape index (κ3) is 4.64. The van der Waals surface area contributed by atoms with Gasteiger partial charge in [-0.15, -0.1) is 0 Å². The number of nitrogens with zero attached hydrogens (tertiary/aromatic N) is 2. The van der Waals surface area contributed by atoms with Crippen LogP contribution >= 0.6 is 0 Å². The van der Waals surface area contributed by atoms with Gasteiger partial charge in [-0.05, 0) is 49.2 Å². The molecule has 1 aliphatic heterocycles. The summed E-state index contributed by atoms with van der Waals surface area (Å²) >= 11 is 0. The Kier molecular flexibility index (Phi) is 6.63. The molecule has 0 saturated heterocycles. The van der Waals surface area contributed by atoms with Crippen LogP contribution in [0.5, 0.6) is 0 Å². The van der Waals surface area contributed by atoms with Crippen LogP contribution in [-0.2, 0) is 4.79 Å². The number of amides is 1. The van der Waals surface area contributed by atoms with Crippen LogP contribution in [0.4, 0.5) is 5.69 Å². The molecular formula is C27H27N3O4. The molecule has 0 unspecified atom stereocenters. The van der Waals surface area contributed by atoms with E-state index in [1.807, 2.05) is 55.5 Å². The SMILES string of the molecule is CC/N=c1\ccc2c(-c3ccccc3C(=O)N(C)CCCC(=O)O)c3ccc(N)cc3oc-2c1. The van der Waals surface area contributed by atoms with Crippen molar-refractivity contribution in [2.45, 2.75) is 19.8 Å². The summed E-state index contributed by atoms with van der Waals surface area (Å²) in [4.78, 5) is 30.3. The van der Waals surface area contributed by atoms with Crippen LogP contribution in [0.3, 0.4) is 0 Å². The smallest absolute Gasteiger partial charge is 0.303 e. The predicted molar refractivity (Wildman–Crippen MR) is 133 cm³/mol. The number of rotatable bonds is 7. The third-order valence-corrected chi connectivity index (χ3v) is 5.73. The van der Waals surface area contributed by atoms with Gasteiger partial charge in [0.25, 0.3) is 5.91 Å². The molecule has 4 rings (SSSR count). The number of hydrogen-bond donors (Lipinski definition) is 2. The summed E-state index contributed by atoms with van der Waals surface area (Å²) in [5.41, 5.74) is 10.3. The fraction of sp³-hybridized carbons (Fsp3) is 0.222. The zero-order chi connectivity index (χ0) is 24.2. The second kappa shape index (κ2) is 9.79. The minimum atomic E-state index is -0.874. The van der Waals surface area contributed by atoms with Gasteiger partial charge in [0.1, 0.15) is 11.3 Å². The molecular weight excluding hydrogens is 430 g/mol. The van der Waals surface area contributed by atoms with Crippen LogP contribution in [0.2, 0.25) is 0 Å². The molecule has 0 fully saturated rings. The fourth-order valence-corrected chi connectivity index (χ4v) is 4.13. The normalized spacial score (nSPS) is 11.8. The molecule has 174 valence electrons. The number of nitrogens with two attached hydrogens (primary N) is 1. The van der Waals surface area contributed by atoms with Crippen molar-refractivity contribution in [3.63, 3.8) is 0 Å². The van der Waals surface area contributed by atoms with Crippen LogP contribution in [0.15, 0.2) is 70.1 Å². The second-order valence-electron chi connectivity index (χ2n) is 8.16. The topological polar surface area (TPSA) is 109 Å². The number of fused-ring (bicyclic) bond motifs is 2. The molecule has 0 atom stereocenters. The summed E-state index contributed by atoms with van der Waals surface area (Å²) < 4.78 is 6.21. The Hall–Kier alpha value is -4.13. The number of aliphatic carboxylic acids is 1.